The van der Waals surface area contributed by atoms with E-state index in [0.717, 1.165) is 5.56 Å². The van der Waals surface area contributed by atoms with Crippen LogP contribution >= 0.6 is 0 Å². The van der Waals surface area contributed by atoms with Gasteiger partial charge in [-0.15, -0.1) is 0 Å². The summed E-state index contributed by atoms with van der Waals surface area (Å²) in [6.45, 7) is 0. The molecule has 0 aliphatic heterocycles. The van der Waals surface area contributed by atoms with Gasteiger partial charge < -0.3 is 13.8 Å². The largest absolute Gasteiger partial charge is 0.497 e. The molecule has 6 heteroatoms. The third-order valence-corrected chi connectivity index (χ3v) is 4.14. The SMILES string of the molecule is COc1ccnc(-c2cc3onc(-c4ccccc4)c3c(=O)n2C)c1. The lowest BCUT2D eigenvalue weighted by Crippen LogP contribution is -2.18. The molecule has 3 heterocycles. The van der Waals surface area contributed by atoms with Gasteiger partial charge in [0.25, 0.3) is 5.56 Å². The highest BCUT2D eigenvalue weighted by Crippen LogP contribution is 2.28. The lowest BCUT2D eigenvalue weighted by Gasteiger charge is -2.08. The van der Waals surface area contributed by atoms with Crippen LogP contribution in [-0.2, 0) is 7.05 Å². The summed E-state index contributed by atoms with van der Waals surface area (Å²) in [5.41, 5.74) is 2.89. The second-order valence-corrected chi connectivity index (χ2v) is 5.61. The highest BCUT2D eigenvalue weighted by molar-refractivity contribution is 5.92. The normalized spacial score (nSPS) is 11.0. The van der Waals surface area contributed by atoms with E-state index in [9.17, 15) is 4.79 Å². The topological polar surface area (TPSA) is 70.2 Å². The van der Waals surface area contributed by atoms with Gasteiger partial charge in [-0.25, -0.2) is 0 Å². The molecule has 4 aromatic rings. The van der Waals surface area contributed by atoms with Crippen LogP contribution in [0.15, 0.2) is 64.0 Å². The highest BCUT2D eigenvalue weighted by atomic mass is 16.5. The van der Waals surface area contributed by atoms with Crippen molar-refractivity contribution in [2.75, 3.05) is 7.11 Å². The van der Waals surface area contributed by atoms with Gasteiger partial charge in [0, 0.05) is 30.9 Å². The predicted octanol–water partition coefficient (Wildman–Crippen LogP) is 3.26. The minimum Gasteiger partial charge on any atom is -0.497 e. The quantitative estimate of drug-likeness (QED) is 0.575. The third-order valence-electron chi connectivity index (χ3n) is 4.14. The third kappa shape index (κ3) is 2.48. The number of fused-ring (bicyclic) bond motifs is 1. The molecule has 0 saturated carbocycles. The van der Waals surface area contributed by atoms with Gasteiger partial charge in [0.05, 0.1) is 18.5 Å². The van der Waals surface area contributed by atoms with Crippen LogP contribution in [0.5, 0.6) is 5.75 Å². The van der Waals surface area contributed by atoms with E-state index in [1.165, 1.54) is 0 Å². The molecule has 0 spiro atoms. The number of ether oxygens (including phenoxy) is 1. The fourth-order valence-electron chi connectivity index (χ4n) is 2.82. The van der Waals surface area contributed by atoms with Gasteiger partial charge in [0.15, 0.2) is 5.58 Å². The number of aromatic nitrogens is 3. The van der Waals surface area contributed by atoms with Crippen LogP contribution in [-0.4, -0.2) is 21.8 Å². The Morgan fingerprint density at radius 2 is 1.92 bits per heavy atom. The van der Waals surface area contributed by atoms with Crippen molar-refractivity contribution in [2.24, 2.45) is 7.05 Å². The number of pyridine rings is 2. The summed E-state index contributed by atoms with van der Waals surface area (Å²) < 4.78 is 12.2. The van der Waals surface area contributed by atoms with Crippen LogP contribution in [0.2, 0.25) is 0 Å². The lowest BCUT2D eigenvalue weighted by atomic mass is 10.1. The average molecular weight is 333 g/mol. The molecule has 0 bridgehead atoms. The zero-order valence-electron chi connectivity index (χ0n) is 13.8. The van der Waals surface area contributed by atoms with Crippen molar-refractivity contribution < 1.29 is 9.26 Å². The molecule has 0 atom stereocenters. The standard InChI is InChI=1S/C19H15N3O3/c1-22-15(14-10-13(24-2)8-9-20-14)11-16-17(19(22)23)18(21-25-16)12-6-4-3-5-7-12/h3-11H,1-2H3. The Morgan fingerprint density at radius 1 is 1.12 bits per heavy atom. The van der Waals surface area contributed by atoms with Crippen molar-refractivity contribution >= 4 is 11.0 Å². The minimum absolute atomic E-state index is 0.183. The van der Waals surface area contributed by atoms with Gasteiger partial charge in [0.2, 0.25) is 0 Å². The molecular formula is C19H15N3O3. The van der Waals surface area contributed by atoms with E-state index in [-0.39, 0.29) is 5.56 Å². The van der Waals surface area contributed by atoms with Crippen LogP contribution in [0.25, 0.3) is 33.6 Å². The van der Waals surface area contributed by atoms with Crippen LogP contribution in [0, 0.1) is 0 Å². The van der Waals surface area contributed by atoms with Crippen LogP contribution in [0.1, 0.15) is 0 Å². The molecule has 0 aliphatic carbocycles. The fourth-order valence-corrected chi connectivity index (χ4v) is 2.82. The van der Waals surface area contributed by atoms with Crippen LogP contribution in [0.4, 0.5) is 0 Å². The van der Waals surface area contributed by atoms with Gasteiger partial charge in [0.1, 0.15) is 16.8 Å². The molecule has 0 fully saturated rings. The number of benzene rings is 1. The Balaban J connectivity index is 1.96. The van der Waals surface area contributed by atoms with E-state index in [1.807, 2.05) is 30.3 Å². The smallest absolute Gasteiger partial charge is 0.264 e. The monoisotopic (exact) mass is 333 g/mol. The van der Waals surface area contributed by atoms with E-state index in [2.05, 4.69) is 10.1 Å². The summed E-state index contributed by atoms with van der Waals surface area (Å²) in [5.74, 6) is 0.667. The summed E-state index contributed by atoms with van der Waals surface area (Å²) in [5, 5.41) is 4.56. The van der Waals surface area contributed by atoms with Gasteiger partial charge in [-0.1, -0.05) is 35.5 Å². The first kappa shape index (κ1) is 15.1. The Labute approximate surface area is 143 Å². The van der Waals surface area contributed by atoms with Crippen molar-refractivity contribution in [1.29, 1.82) is 0 Å². The fraction of sp³-hybridized carbons (Fsp3) is 0.105. The summed E-state index contributed by atoms with van der Waals surface area (Å²) in [7, 11) is 3.30. The first-order chi connectivity index (χ1) is 12.2. The van der Waals surface area contributed by atoms with E-state index in [4.69, 9.17) is 9.26 Å². The molecule has 0 N–H and O–H groups in total. The van der Waals surface area contributed by atoms with Crippen molar-refractivity contribution in [2.45, 2.75) is 0 Å². The van der Waals surface area contributed by atoms with Crippen LogP contribution in [0.3, 0.4) is 0 Å². The maximum atomic E-state index is 12.9. The summed E-state index contributed by atoms with van der Waals surface area (Å²) in [4.78, 5) is 17.3. The number of methoxy groups -OCH3 is 1. The second-order valence-electron chi connectivity index (χ2n) is 5.61. The van der Waals surface area contributed by atoms with Gasteiger partial charge >= 0.3 is 0 Å². The Bertz CT molecular complexity index is 1110. The van der Waals surface area contributed by atoms with E-state index in [1.54, 1.807) is 43.1 Å². The lowest BCUT2D eigenvalue weighted by molar-refractivity contribution is 0.414. The van der Waals surface area contributed by atoms with Crippen molar-refractivity contribution in [1.82, 2.24) is 14.7 Å². The van der Waals surface area contributed by atoms with E-state index < -0.39 is 0 Å². The molecule has 0 unspecified atom stereocenters. The van der Waals surface area contributed by atoms with Crippen molar-refractivity contribution in [3.8, 4) is 28.4 Å². The maximum Gasteiger partial charge on any atom is 0.264 e. The molecule has 0 saturated heterocycles. The number of hydrogen-bond acceptors (Lipinski definition) is 5. The van der Waals surface area contributed by atoms with Crippen LogP contribution < -0.4 is 10.3 Å². The first-order valence-corrected chi connectivity index (χ1v) is 7.74. The summed E-state index contributed by atoms with van der Waals surface area (Å²) in [6.07, 6.45) is 1.64. The molecule has 0 aliphatic rings. The highest BCUT2D eigenvalue weighted by Gasteiger charge is 2.18. The molecule has 25 heavy (non-hydrogen) atoms. The first-order valence-electron chi connectivity index (χ1n) is 7.74. The number of nitrogens with zero attached hydrogens (tertiary/aromatic N) is 3. The minimum atomic E-state index is -0.183. The average Bonchev–Trinajstić information content (AvgIpc) is 3.09. The summed E-state index contributed by atoms with van der Waals surface area (Å²) >= 11 is 0. The Morgan fingerprint density at radius 3 is 2.68 bits per heavy atom. The molecule has 6 nitrogen and oxygen atoms in total. The van der Waals surface area contributed by atoms with E-state index >= 15 is 0 Å². The molecule has 0 amide bonds. The van der Waals surface area contributed by atoms with Crippen molar-refractivity contribution in [3.05, 3.63) is 65.1 Å². The molecule has 124 valence electrons. The molecule has 4 rings (SSSR count). The maximum absolute atomic E-state index is 12.9. The zero-order chi connectivity index (χ0) is 17.4. The molecule has 3 aromatic heterocycles. The van der Waals surface area contributed by atoms with Gasteiger partial charge in [-0.3, -0.25) is 9.78 Å². The molecular weight excluding hydrogens is 318 g/mol. The second kappa shape index (κ2) is 5.90. The van der Waals surface area contributed by atoms with E-state index in [0.29, 0.717) is 33.8 Å². The predicted molar refractivity (Wildman–Crippen MR) is 94.5 cm³/mol. The Hall–Kier alpha value is -3.41. The summed E-state index contributed by atoms with van der Waals surface area (Å²) in [6, 6.07) is 14.8. The van der Waals surface area contributed by atoms with Gasteiger partial charge in [-0.2, -0.15) is 0 Å². The molecule has 0 radical (unpaired) electrons. The number of rotatable bonds is 3. The Kier molecular flexibility index (Phi) is 3.57. The number of hydrogen-bond donors (Lipinski definition) is 0. The van der Waals surface area contributed by atoms with Crippen molar-refractivity contribution in [3.63, 3.8) is 0 Å². The molecule has 1 aromatic carbocycles. The zero-order valence-corrected chi connectivity index (χ0v) is 13.8. The van der Waals surface area contributed by atoms with Gasteiger partial charge in [-0.05, 0) is 6.07 Å².